The molecule has 0 saturated carbocycles. The molecule has 0 spiro atoms. The van der Waals surface area contributed by atoms with E-state index in [4.69, 9.17) is 18.6 Å². The highest BCUT2D eigenvalue weighted by Crippen LogP contribution is 2.25. The molecule has 4 aromatic rings. The SMILES string of the molecule is CCOc1ccccc1NC(=O)COc1ccc2c(=O)c(Oc3cccc(C)c3)coc2c1. The van der Waals surface area contributed by atoms with Gasteiger partial charge >= 0.3 is 0 Å². The number of amides is 1. The van der Waals surface area contributed by atoms with Gasteiger partial charge in [0.25, 0.3) is 5.91 Å². The summed E-state index contributed by atoms with van der Waals surface area (Å²) in [6.45, 7) is 4.08. The zero-order valence-corrected chi connectivity index (χ0v) is 18.3. The van der Waals surface area contributed by atoms with Crippen molar-refractivity contribution in [2.45, 2.75) is 13.8 Å². The van der Waals surface area contributed by atoms with Crippen LogP contribution in [0.4, 0.5) is 5.69 Å². The van der Waals surface area contributed by atoms with Gasteiger partial charge in [0.05, 0.1) is 17.7 Å². The fraction of sp³-hybridized carbons (Fsp3) is 0.154. The van der Waals surface area contributed by atoms with Gasteiger partial charge in [0.15, 0.2) is 6.61 Å². The van der Waals surface area contributed by atoms with Gasteiger partial charge in [0, 0.05) is 6.07 Å². The van der Waals surface area contributed by atoms with E-state index in [-0.39, 0.29) is 23.7 Å². The molecule has 0 unspecified atom stereocenters. The standard InChI is InChI=1S/C26H23NO6/c1-3-30-22-10-5-4-9-21(22)27-25(28)16-31-18-11-12-20-23(14-18)32-15-24(26(20)29)33-19-8-6-7-17(2)13-19/h4-15H,3,16H2,1-2H3,(H,27,28). The molecular weight excluding hydrogens is 422 g/mol. The Morgan fingerprint density at radius 1 is 0.939 bits per heavy atom. The summed E-state index contributed by atoms with van der Waals surface area (Å²) in [6.07, 6.45) is 1.27. The van der Waals surface area contributed by atoms with E-state index in [1.807, 2.05) is 38.1 Å². The van der Waals surface area contributed by atoms with E-state index in [1.165, 1.54) is 6.26 Å². The monoisotopic (exact) mass is 445 g/mol. The molecule has 0 aliphatic carbocycles. The van der Waals surface area contributed by atoms with Gasteiger partial charge in [-0.1, -0.05) is 24.3 Å². The van der Waals surface area contributed by atoms with Crippen LogP contribution in [-0.4, -0.2) is 19.1 Å². The zero-order valence-electron chi connectivity index (χ0n) is 18.3. The smallest absolute Gasteiger partial charge is 0.262 e. The number of carbonyl (C=O) groups is 1. The number of aryl methyl sites for hydroxylation is 1. The zero-order chi connectivity index (χ0) is 23.2. The molecule has 0 bridgehead atoms. The van der Waals surface area contributed by atoms with Gasteiger partial charge < -0.3 is 23.9 Å². The highest BCUT2D eigenvalue weighted by Gasteiger charge is 2.12. The number of carbonyl (C=O) groups excluding carboxylic acids is 1. The third-order valence-electron chi connectivity index (χ3n) is 4.76. The molecule has 0 fully saturated rings. The van der Waals surface area contributed by atoms with E-state index >= 15 is 0 Å². The molecule has 0 atom stereocenters. The first kappa shape index (κ1) is 22.0. The normalized spacial score (nSPS) is 10.6. The van der Waals surface area contributed by atoms with Crippen molar-refractivity contribution in [1.29, 1.82) is 0 Å². The lowest BCUT2D eigenvalue weighted by Gasteiger charge is -2.12. The van der Waals surface area contributed by atoms with Crippen molar-refractivity contribution in [3.8, 4) is 23.0 Å². The first-order valence-electron chi connectivity index (χ1n) is 10.5. The lowest BCUT2D eigenvalue weighted by Crippen LogP contribution is -2.20. The Hall–Kier alpha value is -4.26. The van der Waals surface area contributed by atoms with Gasteiger partial charge in [-0.25, -0.2) is 0 Å². The Morgan fingerprint density at radius 2 is 1.79 bits per heavy atom. The van der Waals surface area contributed by atoms with E-state index in [0.717, 1.165) is 5.56 Å². The lowest BCUT2D eigenvalue weighted by atomic mass is 10.2. The number of anilines is 1. The molecule has 1 heterocycles. The highest BCUT2D eigenvalue weighted by atomic mass is 16.5. The molecule has 1 aromatic heterocycles. The second kappa shape index (κ2) is 9.91. The van der Waals surface area contributed by atoms with Gasteiger partial charge in [-0.2, -0.15) is 0 Å². The second-order valence-electron chi connectivity index (χ2n) is 7.27. The summed E-state index contributed by atoms with van der Waals surface area (Å²) in [5.41, 5.74) is 1.62. The summed E-state index contributed by atoms with van der Waals surface area (Å²) in [4.78, 5) is 25.1. The van der Waals surface area contributed by atoms with Crippen LogP contribution in [0.15, 0.2) is 82.2 Å². The summed E-state index contributed by atoms with van der Waals surface area (Å²) >= 11 is 0. The Labute approximate surface area is 190 Å². The Kier molecular flexibility index (Phi) is 6.59. The number of ether oxygens (including phenoxy) is 3. The van der Waals surface area contributed by atoms with Crippen molar-refractivity contribution in [3.63, 3.8) is 0 Å². The van der Waals surface area contributed by atoms with Crippen LogP contribution >= 0.6 is 0 Å². The summed E-state index contributed by atoms with van der Waals surface area (Å²) in [7, 11) is 0. The van der Waals surface area contributed by atoms with Gasteiger partial charge in [-0.05, 0) is 55.8 Å². The summed E-state index contributed by atoms with van der Waals surface area (Å²) in [5, 5.41) is 3.12. The number of hydrogen-bond donors (Lipinski definition) is 1. The third kappa shape index (κ3) is 5.33. The average molecular weight is 445 g/mol. The Morgan fingerprint density at radius 3 is 2.61 bits per heavy atom. The molecule has 33 heavy (non-hydrogen) atoms. The van der Waals surface area contributed by atoms with E-state index in [0.29, 0.717) is 40.5 Å². The molecular formula is C26H23NO6. The molecule has 1 N–H and O–H groups in total. The maximum Gasteiger partial charge on any atom is 0.262 e. The third-order valence-corrected chi connectivity index (χ3v) is 4.76. The van der Waals surface area contributed by atoms with Crippen LogP contribution < -0.4 is 25.0 Å². The van der Waals surface area contributed by atoms with E-state index in [9.17, 15) is 9.59 Å². The number of rotatable bonds is 8. The van der Waals surface area contributed by atoms with Crippen LogP contribution in [0, 0.1) is 6.92 Å². The predicted molar refractivity (Wildman–Crippen MR) is 125 cm³/mol. The minimum Gasteiger partial charge on any atom is -0.492 e. The minimum absolute atomic E-state index is 0.0918. The lowest BCUT2D eigenvalue weighted by molar-refractivity contribution is -0.118. The fourth-order valence-corrected chi connectivity index (χ4v) is 3.24. The molecule has 0 aliphatic heterocycles. The van der Waals surface area contributed by atoms with Gasteiger partial charge in [-0.3, -0.25) is 9.59 Å². The molecule has 0 aliphatic rings. The molecule has 168 valence electrons. The summed E-state index contributed by atoms with van der Waals surface area (Å²) in [6, 6.07) is 19.3. The fourth-order valence-electron chi connectivity index (χ4n) is 3.24. The first-order valence-corrected chi connectivity index (χ1v) is 10.5. The van der Waals surface area contributed by atoms with Crippen molar-refractivity contribution < 1.29 is 23.4 Å². The second-order valence-corrected chi connectivity index (χ2v) is 7.27. The predicted octanol–water partition coefficient (Wildman–Crippen LogP) is 5.31. The summed E-state index contributed by atoms with van der Waals surface area (Å²) in [5.74, 6) is 1.29. The minimum atomic E-state index is -0.342. The van der Waals surface area contributed by atoms with Crippen LogP contribution in [0.25, 0.3) is 11.0 Å². The highest BCUT2D eigenvalue weighted by molar-refractivity contribution is 5.93. The molecule has 3 aromatic carbocycles. The number of benzene rings is 3. The van der Waals surface area contributed by atoms with Gasteiger partial charge in [0.2, 0.25) is 11.2 Å². The van der Waals surface area contributed by atoms with Crippen LogP contribution in [-0.2, 0) is 4.79 Å². The van der Waals surface area contributed by atoms with E-state index in [1.54, 1.807) is 42.5 Å². The van der Waals surface area contributed by atoms with Crippen LogP contribution in [0.3, 0.4) is 0 Å². The summed E-state index contributed by atoms with van der Waals surface area (Å²) < 4.78 is 22.4. The molecule has 7 nitrogen and oxygen atoms in total. The van der Waals surface area contributed by atoms with E-state index in [2.05, 4.69) is 5.32 Å². The average Bonchev–Trinajstić information content (AvgIpc) is 2.81. The Bertz CT molecular complexity index is 1340. The van der Waals surface area contributed by atoms with Crippen molar-refractivity contribution in [2.24, 2.45) is 0 Å². The van der Waals surface area contributed by atoms with Crippen molar-refractivity contribution in [2.75, 3.05) is 18.5 Å². The van der Waals surface area contributed by atoms with Gasteiger partial charge in [0.1, 0.15) is 29.1 Å². The number of fused-ring (bicyclic) bond motifs is 1. The number of nitrogens with one attached hydrogen (secondary N) is 1. The van der Waals surface area contributed by atoms with Crippen LogP contribution in [0.1, 0.15) is 12.5 Å². The molecule has 1 amide bonds. The maximum absolute atomic E-state index is 12.8. The number of para-hydroxylation sites is 2. The molecule has 4 rings (SSSR count). The van der Waals surface area contributed by atoms with Crippen molar-refractivity contribution in [3.05, 3.63) is 88.8 Å². The number of hydrogen-bond acceptors (Lipinski definition) is 6. The molecule has 0 radical (unpaired) electrons. The van der Waals surface area contributed by atoms with Crippen molar-refractivity contribution >= 4 is 22.6 Å². The van der Waals surface area contributed by atoms with Crippen LogP contribution in [0.5, 0.6) is 23.0 Å². The molecule has 0 saturated heterocycles. The van der Waals surface area contributed by atoms with Crippen LogP contribution in [0.2, 0.25) is 0 Å². The van der Waals surface area contributed by atoms with Crippen molar-refractivity contribution in [1.82, 2.24) is 0 Å². The van der Waals surface area contributed by atoms with Gasteiger partial charge in [-0.15, -0.1) is 0 Å². The topological polar surface area (TPSA) is 87.0 Å². The molecule has 7 heteroatoms. The first-order chi connectivity index (χ1) is 16.0. The largest absolute Gasteiger partial charge is 0.492 e. The Balaban J connectivity index is 1.44. The van der Waals surface area contributed by atoms with E-state index < -0.39 is 0 Å². The quantitative estimate of drug-likeness (QED) is 0.396. The maximum atomic E-state index is 12.8.